The molecule has 5 nitrogen and oxygen atoms in total. The molecule has 2 N–H and O–H groups in total. The van der Waals surface area contributed by atoms with Gasteiger partial charge in [-0.2, -0.15) is 0 Å². The van der Waals surface area contributed by atoms with E-state index in [2.05, 4.69) is 10.3 Å². The molecule has 1 aromatic carbocycles. The number of anilines is 1. The van der Waals surface area contributed by atoms with Crippen LogP contribution in [0.3, 0.4) is 0 Å². The molecular formula is C15H16N2O3. The van der Waals surface area contributed by atoms with Gasteiger partial charge in [-0.3, -0.25) is 4.98 Å². The van der Waals surface area contributed by atoms with E-state index in [1.54, 1.807) is 62.8 Å². The smallest absolute Gasteiger partial charge is 0.333 e. The Morgan fingerprint density at radius 3 is 2.30 bits per heavy atom. The maximum atomic E-state index is 11.6. The number of hydrogen-bond acceptors (Lipinski definition) is 4. The zero-order valence-corrected chi connectivity index (χ0v) is 11.3. The van der Waals surface area contributed by atoms with Crippen molar-refractivity contribution in [3.63, 3.8) is 0 Å². The molecule has 20 heavy (non-hydrogen) atoms. The summed E-state index contributed by atoms with van der Waals surface area (Å²) in [7, 11) is 1.58. The summed E-state index contributed by atoms with van der Waals surface area (Å²) in [5.41, 5.74) is 0.112. The second-order valence-electron chi connectivity index (χ2n) is 4.52. The van der Waals surface area contributed by atoms with Gasteiger partial charge in [0.05, 0.1) is 7.11 Å². The van der Waals surface area contributed by atoms with Crippen molar-refractivity contribution in [3.8, 4) is 5.75 Å². The van der Waals surface area contributed by atoms with Gasteiger partial charge in [-0.05, 0) is 48.9 Å². The van der Waals surface area contributed by atoms with E-state index < -0.39 is 11.5 Å². The third-order valence-electron chi connectivity index (χ3n) is 3.17. The van der Waals surface area contributed by atoms with Crippen LogP contribution in [0.2, 0.25) is 0 Å². The second kappa shape index (κ2) is 5.61. The number of hydrogen-bond donors (Lipinski definition) is 2. The van der Waals surface area contributed by atoms with Gasteiger partial charge >= 0.3 is 5.97 Å². The molecule has 0 fully saturated rings. The summed E-state index contributed by atoms with van der Waals surface area (Å²) in [5, 5.41) is 12.6. The van der Waals surface area contributed by atoms with Gasteiger partial charge in [0.15, 0.2) is 5.54 Å². The first-order chi connectivity index (χ1) is 9.56. The number of nitrogens with zero attached hydrogens (tertiary/aromatic N) is 1. The van der Waals surface area contributed by atoms with Crippen molar-refractivity contribution in [1.82, 2.24) is 4.98 Å². The average Bonchev–Trinajstić information content (AvgIpc) is 2.48. The predicted octanol–water partition coefficient (Wildman–Crippen LogP) is 2.50. The molecule has 5 heteroatoms. The summed E-state index contributed by atoms with van der Waals surface area (Å²) in [5.74, 6) is -0.240. The Hall–Kier alpha value is -2.56. The third-order valence-corrected chi connectivity index (χ3v) is 3.17. The Morgan fingerprint density at radius 2 is 1.80 bits per heavy atom. The lowest BCUT2D eigenvalue weighted by atomic mass is 9.92. The summed E-state index contributed by atoms with van der Waals surface area (Å²) in [6, 6.07) is 10.5. The second-order valence-corrected chi connectivity index (χ2v) is 4.52. The Morgan fingerprint density at radius 1 is 1.20 bits per heavy atom. The topological polar surface area (TPSA) is 71.5 Å². The average molecular weight is 272 g/mol. The fraction of sp³-hybridized carbons (Fsp3) is 0.200. The van der Waals surface area contributed by atoms with E-state index in [-0.39, 0.29) is 0 Å². The molecule has 0 saturated heterocycles. The molecule has 0 aliphatic rings. The summed E-state index contributed by atoms with van der Waals surface area (Å²) in [6.07, 6.45) is 3.15. The van der Waals surface area contributed by atoms with Gasteiger partial charge in [0, 0.05) is 18.1 Å². The molecule has 1 heterocycles. The van der Waals surface area contributed by atoms with Crippen molar-refractivity contribution >= 4 is 11.7 Å². The van der Waals surface area contributed by atoms with Gasteiger partial charge in [-0.1, -0.05) is 0 Å². The number of methoxy groups -OCH3 is 1. The maximum Gasteiger partial charge on any atom is 0.333 e. The lowest BCUT2D eigenvalue weighted by Gasteiger charge is -2.27. The molecule has 2 rings (SSSR count). The number of carboxylic acid groups (broad SMARTS) is 1. The minimum Gasteiger partial charge on any atom is -0.497 e. The van der Waals surface area contributed by atoms with Crippen molar-refractivity contribution in [1.29, 1.82) is 0 Å². The number of pyridine rings is 1. The van der Waals surface area contributed by atoms with E-state index in [9.17, 15) is 9.90 Å². The van der Waals surface area contributed by atoms with Gasteiger partial charge in [-0.15, -0.1) is 0 Å². The van der Waals surface area contributed by atoms with Crippen molar-refractivity contribution in [2.75, 3.05) is 12.4 Å². The highest BCUT2D eigenvalue weighted by atomic mass is 16.5. The number of ether oxygens (including phenoxy) is 1. The highest BCUT2D eigenvalue weighted by Crippen LogP contribution is 2.27. The molecule has 0 aliphatic heterocycles. The quantitative estimate of drug-likeness (QED) is 0.875. The van der Waals surface area contributed by atoms with E-state index in [1.165, 1.54) is 0 Å². The largest absolute Gasteiger partial charge is 0.497 e. The van der Waals surface area contributed by atoms with Crippen LogP contribution in [0.1, 0.15) is 12.5 Å². The number of rotatable bonds is 5. The maximum absolute atomic E-state index is 11.6. The molecule has 0 aliphatic carbocycles. The first kappa shape index (κ1) is 13.9. The lowest BCUT2D eigenvalue weighted by Crippen LogP contribution is -2.40. The minimum atomic E-state index is -1.22. The zero-order chi connectivity index (χ0) is 14.6. The fourth-order valence-electron chi connectivity index (χ4n) is 1.90. The number of carbonyl (C=O) groups is 1. The fourth-order valence-corrected chi connectivity index (χ4v) is 1.90. The van der Waals surface area contributed by atoms with Crippen molar-refractivity contribution < 1.29 is 14.6 Å². The third kappa shape index (κ3) is 2.71. The monoisotopic (exact) mass is 272 g/mol. The van der Waals surface area contributed by atoms with Crippen LogP contribution in [-0.4, -0.2) is 23.2 Å². The van der Waals surface area contributed by atoms with Gasteiger partial charge < -0.3 is 15.2 Å². The van der Waals surface area contributed by atoms with E-state index in [1.807, 2.05) is 0 Å². The first-order valence-corrected chi connectivity index (χ1v) is 6.12. The van der Waals surface area contributed by atoms with Crippen LogP contribution in [-0.2, 0) is 10.3 Å². The van der Waals surface area contributed by atoms with Gasteiger partial charge in [0.2, 0.25) is 0 Å². The zero-order valence-electron chi connectivity index (χ0n) is 11.3. The van der Waals surface area contributed by atoms with Gasteiger partial charge in [0.1, 0.15) is 5.75 Å². The van der Waals surface area contributed by atoms with E-state index in [0.29, 0.717) is 11.3 Å². The molecule has 0 amide bonds. The Balaban J connectivity index is 2.32. The van der Waals surface area contributed by atoms with Crippen molar-refractivity contribution in [2.45, 2.75) is 12.5 Å². The SMILES string of the molecule is COc1ccc(NC(C)(C(=O)O)c2ccncc2)cc1. The van der Waals surface area contributed by atoms with Gasteiger partial charge in [-0.25, -0.2) is 4.79 Å². The summed E-state index contributed by atoms with van der Waals surface area (Å²) < 4.78 is 5.08. The summed E-state index contributed by atoms with van der Waals surface area (Å²) in [4.78, 5) is 15.6. The molecule has 1 aromatic heterocycles. The molecule has 0 radical (unpaired) electrons. The summed E-state index contributed by atoms with van der Waals surface area (Å²) >= 11 is 0. The number of aromatic nitrogens is 1. The highest BCUT2D eigenvalue weighted by molar-refractivity contribution is 5.84. The standard InChI is InChI=1S/C15H16N2O3/c1-15(14(18)19,11-7-9-16-10-8-11)17-12-3-5-13(20-2)6-4-12/h3-10,17H,1-2H3,(H,18,19). The molecule has 0 spiro atoms. The Bertz CT molecular complexity index is 584. The molecule has 0 bridgehead atoms. The van der Waals surface area contributed by atoms with Gasteiger partial charge in [0.25, 0.3) is 0 Å². The van der Waals surface area contributed by atoms with Crippen LogP contribution in [0.15, 0.2) is 48.8 Å². The molecule has 1 unspecified atom stereocenters. The highest BCUT2D eigenvalue weighted by Gasteiger charge is 2.35. The molecule has 0 saturated carbocycles. The number of nitrogens with one attached hydrogen (secondary N) is 1. The minimum absolute atomic E-state index is 0.635. The lowest BCUT2D eigenvalue weighted by molar-refractivity contribution is -0.142. The van der Waals surface area contributed by atoms with E-state index in [4.69, 9.17) is 4.74 Å². The molecule has 1 atom stereocenters. The number of carboxylic acids is 1. The molecule has 104 valence electrons. The van der Waals surface area contributed by atoms with Crippen LogP contribution < -0.4 is 10.1 Å². The number of aliphatic carboxylic acids is 1. The predicted molar refractivity (Wildman–Crippen MR) is 75.8 cm³/mol. The Labute approximate surface area is 117 Å². The van der Waals surface area contributed by atoms with Crippen LogP contribution in [0.5, 0.6) is 5.75 Å². The molecule has 2 aromatic rings. The number of benzene rings is 1. The van der Waals surface area contributed by atoms with Crippen LogP contribution in [0, 0.1) is 0 Å². The van der Waals surface area contributed by atoms with Crippen LogP contribution in [0.4, 0.5) is 5.69 Å². The van der Waals surface area contributed by atoms with E-state index in [0.717, 1.165) is 5.75 Å². The summed E-state index contributed by atoms with van der Waals surface area (Å²) in [6.45, 7) is 1.62. The van der Waals surface area contributed by atoms with Crippen LogP contribution in [0.25, 0.3) is 0 Å². The van der Waals surface area contributed by atoms with E-state index >= 15 is 0 Å². The van der Waals surface area contributed by atoms with Crippen molar-refractivity contribution in [2.24, 2.45) is 0 Å². The van der Waals surface area contributed by atoms with Crippen molar-refractivity contribution in [3.05, 3.63) is 54.4 Å². The first-order valence-electron chi connectivity index (χ1n) is 6.12. The van der Waals surface area contributed by atoms with Crippen LogP contribution >= 0.6 is 0 Å². The molecular weight excluding hydrogens is 256 g/mol. The Kier molecular flexibility index (Phi) is 3.89. The normalized spacial score (nSPS) is 13.3.